The van der Waals surface area contributed by atoms with E-state index in [1.165, 1.54) is 44.9 Å². The van der Waals surface area contributed by atoms with E-state index in [2.05, 4.69) is 13.5 Å². The van der Waals surface area contributed by atoms with E-state index in [9.17, 15) is 9.59 Å². The highest BCUT2D eigenvalue weighted by atomic mass is 16.5. The summed E-state index contributed by atoms with van der Waals surface area (Å²) in [5.41, 5.74) is 4.27. The van der Waals surface area contributed by atoms with E-state index in [1.807, 2.05) is 24.3 Å². The summed E-state index contributed by atoms with van der Waals surface area (Å²) in [6.07, 6.45) is 12.5. The number of carbonyl (C=O) groups excluding carboxylic acids is 2. The summed E-state index contributed by atoms with van der Waals surface area (Å²) in [5.74, 6) is 0.337. The second-order valence-corrected chi connectivity index (χ2v) is 8.63. The summed E-state index contributed by atoms with van der Waals surface area (Å²) in [4.78, 5) is 25.2. The number of allylic oxidation sites excluding steroid dienone is 1. The van der Waals surface area contributed by atoms with Crippen LogP contribution in [-0.2, 0) is 11.2 Å². The lowest BCUT2D eigenvalue weighted by atomic mass is 10.00. The molecule has 0 radical (unpaired) electrons. The molecule has 2 aromatic rings. The predicted molar refractivity (Wildman–Crippen MR) is 133 cm³/mol. The lowest BCUT2D eigenvalue weighted by Gasteiger charge is -2.13. The zero-order valence-electron chi connectivity index (χ0n) is 20.1. The van der Waals surface area contributed by atoms with Crippen molar-refractivity contribution < 1.29 is 19.1 Å². The van der Waals surface area contributed by atoms with Crippen LogP contribution in [0.15, 0.2) is 43.0 Å². The van der Waals surface area contributed by atoms with Crippen molar-refractivity contribution in [2.24, 2.45) is 0 Å². The van der Waals surface area contributed by atoms with Crippen LogP contribution in [0.2, 0.25) is 0 Å². The zero-order valence-corrected chi connectivity index (χ0v) is 20.1. The molecule has 0 aromatic heterocycles. The van der Waals surface area contributed by atoms with Crippen molar-refractivity contribution in [3.63, 3.8) is 0 Å². The van der Waals surface area contributed by atoms with E-state index in [-0.39, 0.29) is 5.78 Å². The van der Waals surface area contributed by atoms with Gasteiger partial charge < -0.3 is 9.47 Å². The van der Waals surface area contributed by atoms with E-state index in [4.69, 9.17) is 9.47 Å². The lowest BCUT2D eigenvalue weighted by molar-refractivity contribution is 0.0526. The monoisotopic (exact) mass is 448 g/mol. The van der Waals surface area contributed by atoms with Crippen LogP contribution in [0.1, 0.15) is 97.1 Å². The third-order valence-electron chi connectivity index (χ3n) is 6.13. The normalized spacial score (nSPS) is 11.8. The van der Waals surface area contributed by atoms with Gasteiger partial charge in [-0.05, 0) is 60.7 Å². The molecule has 1 aliphatic rings. The van der Waals surface area contributed by atoms with Gasteiger partial charge in [0.15, 0.2) is 5.78 Å². The molecule has 0 saturated heterocycles. The Morgan fingerprint density at radius 3 is 2.27 bits per heavy atom. The Bertz CT molecular complexity index is 989. The van der Waals surface area contributed by atoms with Crippen molar-refractivity contribution in [1.29, 1.82) is 0 Å². The van der Waals surface area contributed by atoms with E-state index in [1.54, 1.807) is 19.1 Å². The Morgan fingerprint density at radius 1 is 0.879 bits per heavy atom. The molecule has 4 nitrogen and oxygen atoms in total. The van der Waals surface area contributed by atoms with Crippen molar-refractivity contribution in [2.45, 2.75) is 71.6 Å². The molecule has 0 fully saturated rings. The van der Waals surface area contributed by atoms with Gasteiger partial charge >= 0.3 is 5.97 Å². The van der Waals surface area contributed by atoms with Gasteiger partial charge in [-0.1, -0.05) is 64.0 Å². The summed E-state index contributed by atoms with van der Waals surface area (Å²) in [7, 11) is 0. The van der Waals surface area contributed by atoms with E-state index < -0.39 is 5.97 Å². The smallest absolute Gasteiger partial charge is 0.338 e. The van der Waals surface area contributed by atoms with Crippen LogP contribution in [0.3, 0.4) is 0 Å². The number of benzene rings is 2. The largest absolute Gasteiger partial charge is 0.493 e. The number of hydrogen-bond acceptors (Lipinski definition) is 4. The quantitative estimate of drug-likeness (QED) is 0.147. The SMILES string of the molecule is C=CCc1cc2c(cc1OCCCCCCCCCC)-c1ccc(C(=O)OCC)cc1C2=O. The number of fused-ring (bicyclic) bond motifs is 3. The number of unbranched alkanes of at least 4 members (excludes halogenated alkanes) is 7. The van der Waals surface area contributed by atoms with Gasteiger partial charge in [0.05, 0.1) is 18.8 Å². The predicted octanol–water partition coefficient (Wildman–Crippen LogP) is 7.32. The molecular weight excluding hydrogens is 412 g/mol. The Hall–Kier alpha value is -2.88. The minimum Gasteiger partial charge on any atom is -0.493 e. The molecule has 0 bridgehead atoms. The zero-order chi connectivity index (χ0) is 23.6. The molecule has 3 rings (SSSR count). The van der Waals surface area contributed by atoms with Crippen LogP contribution in [0, 0.1) is 0 Å². The van der Waals surface area contributed by atoms with Crippen molar-refractivity contribution in [3.8, 4) is 16.9 Å². The molecule has 33 heavy (non-hydrogen) atoms. The van der Waals surface area contributed by atoms with Gasteiger partial charge in [-0.2, -0.15) is 0 Å². The number of hydrogen-bond donors (Lipinski definition) is 0. The number of ether oxygens (including phenoxy) is 2. The molecule has 1 aliphatic carbocycles. The van der Waals surface area contributed by atoms with Gasteiger partial charge in [0.25, 0.3) is 0 Å². The number of esters is 1. The van der Waals surface area contributed by atoms with Crippen molar-refractivity contribution in [2.75, 3.05) is 13.2 Å². The average molecular weight is 449 g/mol. The molecular formula is C29H36O4. The minimum atomic E-state index is -0.411. The first kappa shape index (κ1) is 24.8. The first-order valence-corrected chi connectivity index (χ1v) is 12.4. The van der Waals surface area contributed by atoms with Crippen molar-refractivity contribution in [3.05, 3.63) is 65.2 Å². The first-order chi connectivity index (χ1) is 16.1. The minimum absolute atomic E-state index is 0.0638. The molecule has 0 saturated carbocycles. The molecule has 176 valence electrons. The van der Waals surface area contributed by atoms with Crippen LogP contribution in [-0.4, -0.2) is 25.0 Å². The van der Waals surface area contributed by atoms with Crippen LogP contribution >= 0.6 is 0 Å². The molecule has 0 spiro atoms. The van der Waals surface area contributed by atoms with E-state index in [0.29, 0.717) is 36.3 Å². The second-order valence-electron chi connectivity index (χ2n) is 8.63. The molecule has 0 amide bonds. The molecule has 4 heteroatoms. The van der Waals surface area contributed by atoms with Crippen molar-refractivity contribution >= 4 is 11.8 Å². The summed E-state index contributed by atoms with van der Waals surface area (Å²) in [6, 6.07) is 9.10. The summed E-state index contributed by atoms with van der Waals surface area (Å²) >= 11 is 0. The Morgan fingerprint density at radius 2 is 1.58 bits per heavy atom. The van der Waals surface area contributed by atoms with Crippen LogP contribution in [0.5, 0.6) is 5.75 Å². The standard InChI is InChI=1S/C29H36O4/c1-4-7-8-9-10-11-12-13-17-33-27-20-24-23-16-15-22(29(31)32-6-3)19-25(23)28(30)26(24)18-21(27)14-5-2/h5,15-16,18-20H,2,4,6-14,17H2,1,3H3. The highest BCUT2D eigenvalue weighted by molar-refractivity contribution is 6.22. The molecule has 0 aliphatic heterocycles. The average Bonchev–Trinajstić information content (AvgIpc) is 3.09. The van der Waals surface area contributed by atoms with Gasteiger partial charge in [-0.25, -0.2) is 4.79 Å². The summed E-state index contributed by atoms with van der Waals surface area (Å²) < 4.78 is 11.3. The molecule has 2 aromatic carbocycles. The van der Waals surface area contributed by atoms with Gasteiger partial charge in [0.2, 0.25) is 0 Å². The van der Waals surface area contributed by atoms with Gasteiger partial charge in [-0.15, -0.1) is 6.58 Å². The topological polar surface area (TPSA) is 52.6 Å². The highest BCUT2D eigenvalue weighted by Gasteiger charge is 2.29. The van der Waals surface area contributed by atoms with Gasteiger partial charge in [0.1, 0.15) is 5.75 Å². The fraction of sp³-hybridized carbons (Fsp3) is 0.448. The third kappa shape index (κ3) is 6.13. The molecule has 0 atom stereocenters. The van der Waals surface area contributed by atoms with Gasteiger partial charge in [-0.3, -0.25) is 4.79 Å². The summed E-state index contributed by atoms with van der Waals surface area (Å²) in [5, 5.41) is 0. The number of ketones is 1. The van der Waals surface area contributed by atoms with E-state index in [0.717, 1.165) is 28.9 Å². The molecule has 0 heterocycles. The molecule has 0 unspecified atom stereocenters. The van der Waals surface area contributed by atoms with E-state index >= 15 is 0 Å². The maximum Gasteiger partial charge on any atom is 0.338 e. The Kier molecular flexibility index (Phi) is 9.29. The van der Waals surface area contributed by atoms with Gasteiger partial charge in [0, 0.05) is 11.1 Å². The fourth-order valence-corrected chi connectivity index (χ4v) is 4.36. The first-order valence-electron chi connectivity index (χ1n) is 12.4. The van der Waals surface area contributed by atoms with Crippen molar-refractivity contribution in [1.82, 2.24) is 0 Å². The fourth-order valence-electron chi connectivity index (χ4n) is 4.36. The second kappa shape index (κ2) is 12.4. The Balaban J connectivity index is 1.69. The number of rotatable bonds is 14. The maximum absolute atomic E-state index is 13.1. The van der Waals surface area contributed by atoms with Crippen LogP contribution in [0.4, 0.5) is 0 Å². The highest BCUT2D eigenvalue weighted by Crippen LogP contribution is 2.41. The third-order valence-corrected chi connectivity index (χ3v) is 6.13. The Labute approximate surface area is 198 Å². The number of carbonyl (C=O) groups is 2. The maximum atomic E-state index is 13.1. The molecule has 0 N–H and O–H groups in total. The van der Waals surface area contributed by atoms with Crippen LogP contribution < -0.4 is 4.74 Å². The summed E-state index contributed by atoms with van der Waals surface area (Å²) in [6.45, 7) is 8.83. The van der Waals surface area contributed by atoms with Crippen LogP contribution in [0.25, 0.3) is 11.1 Å². The lowest BCUT2D eigenvalue weighted by Crippen LogP contribution is -2.06.